The first-order valence-corrected chi connectivity index (χ1v) is 12.6. The van der Waals surface area contributed by atoms with Gasteiger partial charge in [-0.25, -0.2) is 4.98 Å². The van der Waals surface area contributed by atoms with Crippen LogP contribution in [-0.4, -0.2) is 56.2 Å². The third-order valence-electron chi connectivity index (χ3n) is 6.56. The van der Waals surface area contributed by atoms with Crippen LogP contribution in [0.15, 0.2) is 39.8 Å². The van der Waals surface area contributed by atoms with Crippen LogP contribution in [0.4, 0.5) is 11.5 Å². The number of likely N-dealkylation sites (tertiary alicyclic amines) is 1. The molecule has 1 saturated carbocycles. The lowest BCUT2D eigenvalue weighted by atomic mass is 10.0. The maximum atomic E-state index is 12.9. The van der Waals surface area contributed by atoms with Gasteiger partial charge in [-0.3, -0.25) is 4.79 Å². The molecule has 2 aromatic rings. The zero-order chi connectivity index (χ0) is 21.9. The summed E-state index contributed by atoms with van der Waals surface area (Å²) in [5, 5.41) is 0. The average molecular weight is 453 g/mol. The number of ether oxygens (including phenoxy) is 1. The number of aromatic nitrogens is 1. The minimum absolute atomic E-state index is 0.00579. The van der Waals surface area contributed by atoms with Gasteiger partial charge in [-0.15, -0.1) is 0 Å². The van der Waals surface area contributed by atoms with Gasteiger partial charge in [0.1, 0.15) is 6.61 Å². The van der Waals surface area contributed by atoms with Crippen molar-refractivity contribution in [2.45, 2.75) is 37.0 Å². The summed E-state index contributed by atoms with van der Waals surface area (Å²) in [6.45, 7) is 2.60. The van der Waals surface area contributed by atoms with Crippen molar-refractivity contribution in [2.24, 2.45) is 10.3 Å². The van der Waals surface area contributed by atoms with Crippen LogP contribution in [0.25, 0.3) is 0 Å². The van der Waals surface area contributed by atoms with E-state index in [-0.39, 0.29) is 16.7 Å². The Morgan fingerprint density at radius 1 is 1.06 bits per heavy atom. The third-order valence-corrected chi connectivity index (χ3v) is 7.91. The number of pyridine rings is 1. The van der Waals surface area contributed by atoms with Crippen molar-refractivity contribution in [3.8, 4) is 5.75 Å². The fourth-order valence-electron chi connectivity index (χ4n) is 4.74. The standard InChI is InChI=1S/C23H24N4O4S/c28-23(26-8-2-1-3-9-26)16-12-19-22(24-14-16)27(10-11-31-19)17-6-7-20-18(13-17)21(15-4-5-15)25-32(20,29)30/h6-7,12-15H,1-5,8-11H2. The van der Waals surface area contributed by atoms with Gasteiger partial charge in [-0.1, -0.05) is 0 Å². The van der Waals surface area contributed by atoms with E-state index >= 15 is 0 Å². The highest BCUT2D eigenvalue weighted by molar-refractivity contribution is 7.90. The Morgan fingerprint density at radius 3 is 2.66 bits per heavy atom. The quantitative estimate of drug-likeness (QED) is 0.711. The Balaban J connectivity index is 1.33. The van der Waals surface area contributed by atoms with Crippen LogP contribution in [-0.2, 0) is 10.0 Å². The van der Waals surface area contributed by atoms with Crippen LogP contribution < -0.4 is 9.64 Å². The normalized spacial score (nSPS) is 21.4. The number of carbonyl (C=O) groups excluding carboxylic acids is 1. The Hall–Kier alpha value is -2.94. The number of piperidine rings is 1. The highest BCUT2D eigenvalue weighted by Gasteiger charge is 2.38. The van der Waals surface area contributed by atoms with E-state index in [0.717, 1.165) is 44.5 Å². The lowest BCUT2D eigenvalue weighted by Gasteiger charge is -2.31. The molecule has 0 N–H and O–H groups in total. The van der Waals surface area contributed by atoms with Gasteiger partial charge in [0.15, 0.2) is 11.6 Å². The minimum atomic E-state index is -3.61. The van der Waals surface area contributed by atoms with Crippen molar-refractivity contribution in [3.05, 3.63) is 41.6 Å². The molecule has 0 atom stereocenters. The molecule has 1 aromatic carbocycles. The van der Waals surface area contributed by atoms with Crippen molar-refractivity contribution in [3.63, 3.8) is 0 Å². The average Bonchev–Trinajstić information content (AvgIpc) is 3.63. The molecule has 1 amide bonds. The van der Waals surface area contributed by atoms with Gasteiger partial charge in [0.2, 0.25) is 0 Å². The predicted molar refractivity (Wildman–Crippen MR) is 119 cm³/mol. The fraction of sp³-hybridized carbons (Fsp3) is 0.435. The van der Waals surface area contributed by atoms with Crippen LogP contribution in [0.5, 0.6) is 5.75 Å². The SMILES string of the molecule is O=C(c1cnc2c(c1)OCCN2c1ccc2c(c1)C(C1CC1)=NS2(=O)=O)N1CCCCC1. The lowest BCUT2D eigenvalue weighted by Crippen LogP contribution is -2.36. The fourth-order valence-corrected chi connectivity index (χ4v) is 6.02. The largest absolute Gasteiger partial charge is 0.488 e. The number of amides is 1. The second-order valence-corrected chi connectivity index (χ2v) is 10.4. The molecular weight excluding hydrogens is 428 g/mol. The van der Waals surface area contributed by atoms with Crippen molar-refractivity contribution in [2.75, 3.05) is 31.1 Å². The van der Waals surface area contributed by atoms with Crippen molar-refractivity contribution < 1.29 is 17.9 Å². The maximum Gasteiger partial charge on any atom is 0.283 e. The first-order valence-electron chi connectivity index (χ1n) is 11.2. The van der Waals surface area contributed by atoms with E-state index in [1.807, 2.05) is 15.9 Å². The zero-order valence-corrected chi connectivity index (χ0v) is 18.5. The van der Waals surface area contributed by atoms with Gasteiger partial charge >= 0.3 is 0 Å². The summed E-state index contributed by atoms with van der Waals surface area (Å²) in [4.78, 5) is 21.6. The molecule has 1 saturated heterocycles. The number of hydrogen-bond acceptors (Lipinski definition) is 6. The van der Waals surface area contributed by atoms with Crippen molar-refractivity contribution in [1.29, 1.82) is 0 Å². The monoisotopic (exact) mass is 452 g/mol. The molecule has 0 radical (unpaired) electrons. The molecule has 8 nitrogen and oxygen atoms in total. The number of carbonyl (C=O) groups is 1. The lowest BCUT2D eigenvalue weighted by molar-refractivity contribution is 0.0723. The van der Waals surface area contributed by atoms with Gasteiger partial charge in [-0.05, 0) is 56.4 Å². The number of benzene rings is 1. The van der Waals surface area contributed by atoms with Crippen LogP contribution >= 0.6 is 0 Å². The van der Waals surface area contributed by atoms with E-state index in [4.69, 9.17) is 4.74 Å². The Bertz CT molecular complexity index is 1250. The molecule has 0 bridgehead atoms. The summed E-state index contributed by atoms with van der Waals surface area (Å²) in [5.74, 6) is 1.44. The molecule has 6 rings (SSSR count). The van der Waals surface area contributed by atoms with Gasteiger partial charge in [0, 0.05) is 36.5 Å². The van der Waals surface area contributed by atoms with E-state index in [9.17, 15) is 13.2 Å². The van der Waals surface area contributed by atoms with E-state index < -0.39 is 10.0 Å². The highest BCUT2D eigenvalue weighted by atomic mass is 32.2. The minimum Gasteiger partial charge on any atom is -0.488 e. The molecule has 0 unspecified atom stereocenters. The van der Waals surface area contributed by atoms with Gasteiger partial charge in [0.25, 0.3) is 15.9 Å². The molecule has 9 heteroatoms. The molecule has 2 fully saturated rings. The number of nitrogens with zero attached hydrogens (tertiary/aromatic N) is 4. The first kappa shape index (κ1) is 19.7. The molecule has 1 aliphatic carbocycles. The van der Waals surface area contributed by atoms with E-state index in [0.29, 0.717) is 41.6 Å². The zero-order valence-electron chi connectivity index (χ0n) is 17.7. The first-order chi connectivity index (χ1) is 15.5. The topological polar surface area (TPSA) is 92.2 Å². The molecule has 4 heterocycles. The molecule has 0 spiro atoms. The maximum absolute atomic E-state index is 12.9. The van der Waals surface area contributed by atoms with Crippen LogP contribution in [0.1, 0.15) is 48.0 Å². The number of sulfonamides is 1. The second kappa shape index (κ2) is 7.30. The van der Waals surface area contributed by atoms with Crippen LogP contribution in [0.3, 0.4) is 0 Å². The van der Waals surface area contributed by atoms with E-state index in [1.54, 1.807) is 24.4 Å². The van der Waals surface area contributed by atoms with Gasteiger partial charge in [-0.2, -0.15) is 12.8 Å². The molecule has 4 aliphatic rings. The molecule has 32 heavy (non-hydrogen) atoms. The van der Waals surface area contributed by atoms with Crippen LogP contribution in [0, 0.1) is 5.92 Å². The molecule has 166 valence electrons. The van der Waals surface area contributed by atoms with Crippen molar-refractivity contribution in [1.82, 2.24) is 9.88 Å². The molecule has 1 aromatic heterocycles. The molecule has 3 aliphatic heterocycles. The third kappa shape index (κ3) is 3.26. The van der Waals surface area contributed by atoms with E-state index in [2.05, 4.69) is 9.38 Å². The predicted octanol–water partition coefficient (Wildman–Crippen LogP) is 3.14. The summed E-state index contributed by atoms with van der Waals surface area (Å²) < 4.78 is 34.8. The summed E-state index contributed by atoms with van der Waals surface area (Å²) in [7, 11) is -3.61. The number of anilines is 2. The second-order valence-electron chi connectivity index (χ2n) is 8.81. The summed E-state index contributed by atoms with van der Waals surface area (Å²) in [5.41, 5.74) is 2.78. The summed E-state index contributed by atoms with van der Waals surface area (Å²) >= 11 is 0. The summed E-state index contributed by atoms with van der Waals surface area (Å²) in [6, 6.07) is 7.12. The number of fused-ring (bicyclic) bond motifs is 2. The van der Waals surface area contributed by atoms with Gasteiger partial charge < -0.3 is 14.5 Å². The van der Waals surface area contributed by atoms with Crippen molar-refractivity contribution >= 4 is 33.1 Å². The Morgan fingerprint density at radius 2 is 1.88 bits per heavy atom. The molecular formula is C23H24N4O4S. The Kier molecular flexibility index (Phi) is 4.50. The number of hydrogen-bond donors (Lipinski definition) is 0. The smallest absolute Gasteiger partial charge is 0.283 e. The van der Waals surface area contributed by atoms with Crippen LogP contribution in [0.2, 0.25) is 0 Å². The number of rotatable bonds is 3. The van der Waals surface area contributed by atoms with E-state index in [1.165, 1.54) is 6.42 Å². The summed E-state index contributed by atoms with van der Waals surface area (Å²) in [6.07, 6.45) is 6.82. The highest BCUT2D eigenvalue weighted by Crippen LogP contribution is 2.42. The van der Waals surface area contributed by atoms with Gasteiger partial charge in [0.05, 0.1) is 22.7 Å². The Labute approximate surface area is 187 Å².